The van der Waals surface area contributed by atoms with E-state index < -0.39 is 0 Å². The van der Waals surface area contributed by atoms with Crippen molar-refractivity contribution in [2.75, 3.05) is 0 Å². The molecule has 2 nitrogen and oxygen atoms in total. The first-order valence-corrected chi connectivity index (χ1v) is 6.72. The van der Waals surface area contributed by atoms with E-state index in [1.54, 1.807) is 11.3 Å². The van der Waals surface area contributed by atoms with Gasteiger partial charge in [-0.2, -0.15) is 0 Å². The van der Waals surface area contributed by atoms with Crippen LogP contribution >= 0.6 is 23.1 Å². The van der Waals surface area contributed by atoms with E-state index in [-0.39, 0.29) is 5.84 Å². The zero-order valence-electron chi connectivity index (χ0n) is 8.64. The SMILES string of the molecule is N=C(N)c1cccc(CSc2cccs2)c1. The van der Waals surface area contributed by atoms with Gasteiger partial charge in [0.1, 0.15) is 5.84 Å². The molecule has 82 valence electrons. The molecule has 0 aliphatic heterocycles. The molecular weight excluding hydrogens is 236 g/mol. The third kappa shape index (κ3) is 2.87. The van der Waals surface area contributed by atoms with Crippen molar-refractivity contribution in [3.8, 4) is 0 Å². The second kappa shape index (κ2) is 5.18. The van der Waals surface area contributed by atoms with Gasteiger partial charge < -0.3 is 5.73 Å². The Bertz CT molecular complexity index is 478. The summed E-state index contributed by atoms with van der Waals surface area (Å²) in [7, 11) is 0. The van der Waals surface area contributed by atoms with Crippen LogP contribution in [-0.4, -0.2) is 5.84 Å². The summed E-state index contributed by atoms with van der Waals surface area (Å²) >= 11 is 3.56. The van der Waals surface area contributed by atoms with E-state index in [0.29, 0.717) is 0 Å². The summed E-state index contributed by atoms with van der Waals surface area (Å²) in [6, 6.07) is 12.0. The fourth-order valence-electron chi connectivity index (χ4n) is 1.33. The average Bonchev–Trinajstić information content (AvgIpc) is 2.79. The topological polar surface area (TPSA) is 49.9 Å². The Labute approximate surface area is 103 Å². The summed E-state index contributed by atoms with van der Waals surface area (Å²) in [6.45, 7) is 0. The number of thioether (sulfide) groups is 1. The van der Waals surface area contributed by atoms with Gasteiger partial charge in [0.05, 0.1) is 4.21 Å². The fourth-order valence-corrected chi connectivity index (χ4v) is 3.06. The third-order valence-electron chi connectivity index (χ3n) is 2.11. The maximum absolute atomic E-state index is 7.38. The molecule has 0 radical (unpaired) electrons. The monoisotopic (exact) mass is 248 g/mol. The number of hydrogen-bond acceptors (Lipinski definition) is 3. The van der Waals surface area contributed by atoms with Gasteiger partial charge in [0.15, 0.2) is 0 Å². The highest BCUT2D eigenvalue weighted by molar-refractivity contribution is 8.00. The minimum Gasteiger partial charge on any atom is -0.384 e. The molecule has 2 aromatic rings. The zero-order chi connectivity index (χ0) is 11.4. The van der Waals surface area contributed by atoms with Crippen LogP contribution in [0.3, 0.4) is 0 Å². The smallest absolute Gasteiger partial charge is 0.122 e. The van der Waals surface area contributed by atoms with Crippen LogP contribution in [0.1, 0.15) is 11.1 Å². The van der Waals surface area contributed by atoms with Gasteiger partial charge in [0, 0.05) is 11.3 Å². The van der Waals surface area contributed by atoms with E-state index in [9.17, 15) is 0 Å². The Morgan fingerprint density at radius 2 is 2.19 bits per heavy atom. The second-order valence-electron chi connectivity index (χ2n) is 3.33. The van der Waals surface area contributed by atoms with Gasteiger partial charge in [-0.1, -0.05) is 24.3 Å². The van der Waals surface area contributed by atoms with Gasteiger partial charge in [-0.05, 0) is 23.1 Å². The summed E-state index contributed by atoms with van der Waals surface area (Å²) in [6.07, 6.45) is 0. The fraction of sp³-hybridized carbons (Fsp3) is 0.0833. The first kappa shape index (κ1) is 11.2. The van der Waals surface area contributed by atoms with Crippen molar-refractivity contribution in [2.24, 2.45) is 5.73 Å². The maximum Gasteiger partial charge on any atom is 0.122 e. The third-order valence-corrected chi connectivity index (χ3v) is 4.32. The van der Waals surface area contributed by atoms with E-state index in [2.05, 4.69) is 23.6 Å². The summed E-state index contributed by atoms with van der Waals surface area (Å²) in [5.74, 6) is 1.05. The van der Waals surface area contributed by atoms with Gasteiger partial charge in [-0.15, -0.1) is 23.1 Å². The van der Waals surface area contributed by atoms with Crippen molar-refractivity contribution >= 4 is 28.9 Å². The Hall–Kier alpha value is -1.26. The molecular formula is C12H12N2S2. The number of hydrogen-bond donors (Lipinski definition) is 2. The lowest BCUT2D eigenvalue weighted by Crippen LogP contribution is -2.10. The molecule has 2 rings (SSSR count). The summed E-state index contributed by atoms with van der Waals surface area (Å²) in [5, 5.41) is 9.45. The van der Waals surface area contributed by atoms with E-state index >= 15 is 0 Å². The lowest BCUT2D eigenvalue weighted by atomic mass is 10.1. The van der Waals surface area contributed by atoms with Crippen molar-refractivity contribution < 1.29 is 0 Å². The van der Waals surface area contributed by atoms with Crippen LogP contribution in [0.2, 0.25) is 0 Å². The lowest BCUT2D eigenvalue weighted by molar-refractivity contribution is 1.37. The van der Waals surface area contributed by atoms with E-state index in [1.807, 2.05) is 30.0 Å². The second-order valence-corrected chi connectivity index (χ2v) is 5.56. The molecule has 0 spiro atoms. The highest BCUT2D eigenvalue weighted by atomic mass is 32.2. The van der Waals surface area contributed by atoms with Gasteiger partial charge in [-0.25, -0.2) is 0 Å². The first-order chi connectivity index (χ1) is 7.75. The van der Waals surface area contributed by atoms with Crippen LogP contribution in [-0.2, 0) is 5.75 Å². The van der Waals surface area contributed by atoms with Crippen molar-refractivity contribution in [3.05, 3.63) is 52.9 Å². The zero-order valence-corrected chi connectivity index (χ0v) is 10.3. The van der Waals surface area contributed by atoms with E-state index in [0.717, 1.165) is 11.3 Å². The molecule has 0 atom stereocenters. The van der Waals surface area contributed by atoms with Crippen LogP contribution < -0.4 is 5.73 Å². The van der Waals surface area contributed by atoms with Gasteiger partial charge in [0.25, 0.3) is 0 Å². The number of nitrogens with one attached hydrogen (secondary N) is 1. The minimum atomic E-state index is 0.128. The molecule has 0 aliphatic rings. The van der Waals surface area contributed by atoms with Gasteiger partial charge >= 0.3 is 0 Å². The van der Waals surface area contributed by atoms with E-state index in [1.165, 1.54) is 9.77 Å². The number of rotatable bonds is 4. The molecule has 0 amide bonds. The molecule has 0 bridgehead atoms. The van der Waals surface area contributed by atoms with Crippen LogP contribution in [0, 0.1) is 5.41 Å². The number of nitrogen functional groups attached to an aromatic ring is 1. The van der Waals surface area contributed by atoms with Crippen LogP contribution in [0.25, 0.3) is 0 Å². The summed E-state index contributed by atoms with van der Waals surface area (Å²) in [5.41, 5.74) is 7.45. The van der Waals surface area contributed by atoms with Gasteiger partial charge in [-0.3, -0.25) is 5.41 Å². The Balaban J connectivity index is 2.04. The Kier molecular flexibility index (Phi) is 3.64. The number of amidine groups is 1. The summed E-state index contributed by atoms with van der Waals surface area (Å²) in [4.78, 5) is 0. The Morgan fingerprint density at radius 1 is 1.31 bits per heavy atom. The number of benzene rings is 1. The summed E-state index contributed by atoms with van der Waals surface area (Å²) < 4.78 is 1.31. The molecule has 1 heterocycles. The number of thiophene rings is 1. The quantitative estimate of drug-likeness (QED) is 0.495. The molecule has 3 N–H and O–H groups in total. The lowest BCUT2D eigenvalue weighted by Gasteiger charge is -2.02. The van der Waals surface area contributed by atoms with Crippen molar-refractivity contribution in [3.63, 3.8) is 0 Å². The standard InChI is InChI=1S/C12H12N2S2/c13-12(14)10-4-1-3-9(7-10)8-16-11-5-2-6-15-11/h1-7H,8H2,(H3,13,14). The van der Waals surface area contributed by atoms with Crippen LogP contribution in [0.15, 0.2) is 46.0 Å². The molecule has 0 fully saturated rings. The minimum absolute atomic E-state index is 0.128. The molecule has 0 saturated heterocycles. The maximum atomic E-state index is 7.38. The molecule has 1 aromatic carbocycles. The van der Waals surface area contributed by atoms with Crippen molar-refractivity contribution in [2.45, 2.75) is 9.96 Å². The van der Waals surface area contributed by atoms with Crippen LogP contribution in [0.4, 0.5) is 0 Å². The van der Waals surface area contributed by atoms with Crippen molar-refractivity contribution in [1.29, 1.82) is 5.41 Å². The molecule has 0 aliphatic carbocycles. The number of nitrogens with two attached hydrogens (primary N) is 1. The van der Waals surface area contributed by atoms with Crippen LogP contribution in [0.5, 0.6) is 0 Å². The van der Waals surface area contributed by atoms with E-state index in [4.69, 9.17) is 11.1 Å². The first-order valence-electron chi connectivity index (χ1n) is 4.85. The largest absolute Gasteiger partial charge is 0.384 e. The highest BCUT2D eigenvalue weighted by Gasteiger charge is 2.00. The molecule has 1 aromatic heterocycles. The molecule has 16 heavy (non-hydrogen) atoms. The predicted molar refractivity (Wildman–Crippen MR) is 71.3 cm³/mol. The molecule has 0 saturated carbocycles. The average molecular weight is 248 g/mol. The molecule has 0 unspecified atom stereocenters. The predicted octanol–water partition coefficient (Wildman–Crippen LogP) is 3.32. The van der Waals surface area contributed by atoms with Gasteiger partial charge in [0.2, 0.25) is 0 Å². The Morgan fingerprint density at radius 3 is 2.88 bits per heavy atom. The normalized spacial score (nSPS) is 10.2. The highest BCUT2D eigenvalue weighted by Crippen LogP contribution is 2.27. The molecule has 4 heteroatoms. The van der Waals surface area contributed by atoms with Crippen molar-refractivity contribution in [1.82, 2.24) is 0 Å².